The second-order valence-electron chi connectivity index (χ2n) is 8.32. The molecule has 6 heteroatoms. The molecule has 0 saturated carbocycles. The first-order valence-electron chi connectivity index (χ1n) is 10.9. The molecule has 0 aliphatic carbocycles. The van der Waals surface area contributed by atoms with Gasteiger partial charge in [-0.05, 0) is 67.6 Å². The molecule has 1 fully saturated rings. The number of nitrogens with one attached hydrogen (secondary N) is 1. The molecule has 1 N–H and O–H groups in total. The van der Waals surface area contributed by atoms with Gasteiger partial charge < -0.3 is 5.32 Å². The van der Waals surface area contributed by atoms with Crippen molar-refractivity contribution in [1.82, 2.24) is 5.32 Å². The Kier molecular flexibility index (Phi) is 6.33. The zero-order valence-electron chi connectivity index (χ0n) is 18.4. The topological polar surface area (TPSA) is 66.5 Å². The van der Waals surface area contributed by atoms with Gasteiger partial charge in [0.25, 0.3) is 5.91 Å². The summed E-state index contributed by atoms with van der Waals surface area (Å²) in [4.78, 5) is 13.2. The first kappa shape index (κ1) is 22.1. The monoisotopic (exact) mass is 448 g/mol. The Bertz CT molecular complexity index is 1210. The fraction of sp³-hybridized carbons (Fsp3) is 0.269. The van der Waals surface area contributed by atoms with Crippen LogP contribution in [-0.4, -0.2) is 26.6 Å². The van der Waals surface area contributed by atoms with Crippen molar-refractivity contribution in [2.24, 2.45) is 0 Å². The Morgan fingerprint density at radius 1 is 0.938 bits per heavy atom. The third-order valence-corrected chi connectivity index (χ3v) is 7.78. The number of hydrogen-bond donors (Lipinski definition) is 1. The highest BCUT2D eigenvalue weighted by Gasteiger charge is 2.26. The highest BCUT2D eigenvalue weighted by molar-refractivity contribution is 7.92. The molecule has 0 unspecified atom stereocenters. The summed E-state index contributed by atoms with van der Waals surface area (Å²) in [6, 6.07) is 22.7. The van der Waals surface area contributed by atoms with Crippen LogP contribution in [0.15, 0.2) is 72.8 Å². The lowest BCUT2D eigenvalue weighted by molar-refractivity contribution is 0.0943. The molecule has 0 bridgehead atoms. The fourth-order valence-corrected chi connectivity index (χ4v) is 5.85. The molecular weight excluding hydrogens is 420 g/mol. The quantitative estimate of drug-likeness (QED) is 0.612. The van der Waals surface area contributed by atoms with Gasteiger partial charge in [0.05, 0.1) is 17.5 Å². The number of nitrogens with zero attached hydrogens (tertiary/aromatic N) is 1. The van der Waals surface area contributed by atoms with E-state index in [0.717, 1.165) is 23.1 Å². The van der Waals surface area contributed by atoms with E-state index >= 15 is 0 Å². The Hall–Kier alpha value is -3.12. The van der Waals surface area contributed by atoms with Gasteiger partial charge >= 0.3 is 0 Å². The number of carbonyl (C=O) groups is 1. The van der Waals surface area contributed by atoms with Crippen LogP contribution in [0.5, 0.6) is 0 Å². The molecule has 5 nitrogen and oxygen atoms in total. The average Bonchev–Trinajstić information content (AvgIpc) is 2.78. The molecule has 3 aromatic carbocycles. The van der Waals surface area contributed by atoms with Crippen molar-refractivity contribution in [2.45, 2.75) is 32.7 Å². The molecule has 4 rings (SSSR count). The number of anilines is 1. The van der Waals surface area contributed by atoms with E-state index in [1.807, 2.05) is 30.3 Å². The van der Waals surface area contributed by atoms with Gasteiger partial charge in [0.15, 0.2) is 0 Å². The lowest BCUT2D eigenvalue weighted by Gasteiger charge is -2.28. The Morgan fingerprint density at radius 3 is 2.31 bits per heavy atom. The van der Waals surface area contributed by atoms with Crippen molar-refractivity contribution in [3.8, 4) is 0 Å². The lowest BCUT2D eigenvalue weighted by Crippen LogP contribution is -2.37. The van der Waals surface area contributed by atoms with Gasteiger partial charge in [0.1, 0.15) is 0 Å². The summed E-state index contributed by atoms with van der Waals surface area (Å²) in [5.41, 5.74) is 5.44. The molecule has 1 atom stereocenters. The van der Waals surface area contributed by atoms with E-state index in [1.54, 1.807) is 24.3 Å². The van der Waals surface area contributed by atoms with Gasteiger partial charge in [0, 0.05) is 12.1 Å². The second-order valence-corrected chi connectivity index (χ2v) is 10.3. The molecule has 1 heterocycles. The van der Waals surface area contributed by atoms with Gasteiger partial charge in [-0.2, -0.15) is 0 Å². The van der Waals surface area contributed by atoms with E-state index < -0.39 is 10.0 Å². The summed E-state index contributed by atoms with van der Waals surface area (Å²) in [6.45, 7) is 4.59. The highest BCUT2D eigenvalue weighted by atomic mass is 32.2. The molecule has 0 spiro atoms. The molecule has 0 radical (unpaired) electrons. The van der Waals surface area contributed by atoms with Crippen molar-refractivity contribution in [1.29, 1.82) is 0 Å². The van der Waals surface area contributed by atoms with Gasteiger partial charge in [-0.15, -0.1) is 0 Å². The lowest BCUT2D eigenvalue weighted by atomic mass is 9.93. The molecule has 1 amide bonds. The van der Waals surface area contributed by atoms with Crippen molar-refractivity contribution >= 4 is 21.6 Å². The molecule has 3 aromatic rings. The van der Waals surface area contributed by atoms with E-state index in [9.17, 15) is 13.2 Å². The molecular formula is C26H28N2O3S. The molecule has 0 aromatic heterocycles. The molecule has 166 valence electrons. The predicted molar refractivity (Wildman–Crippen MR) is 128 cm³/mol. The van der Waals surface area contributed by atoms with Crippen LogP contribution in [0.4, 0.5) is 5.69 Å². The number of carbonyl (C=O) groups excluding carboxylic acids is 1. The SMILES string of the molecule is Cc1ccc([C@H](NC(=O)c2ccc(N3CCCCS3(=O)=O)cc2)c2ccccc2)c(C)c1. The summed E-state index contributed by atoms with van der Waals surface area (Å²) in [7, 11) is -3.28. The highest BCUT2D eigenvalue weighted by Crippen LogP contribution is 2.27. The number of amides is 1. The number of rotatable bonds is 5. The third-order valence-electron chi connectivity index (χ3n) is 5.91. The third kappa shape index (κ3) is 4.70. The summed E-state index contributed by atoms with van der Waals surface area (Å²) >= 11 is 0. The zero-order chi connectivity index (χ0) is 22.7. The molecule has 1 aliphatic rings. The number of hydrogen-bond acceptors (Lipinski definition) is 3. The number of sulfonamides is 1. The first-order valence-corrected chi connectivity index (χ1v) is 12.5. The van der Waals surface area contributed by atoms with Crippen LogP contribution in [-0.2, 0) is 10.0 Å². The van der Waals surface area contributed by atoms with Gasteiger partial charge in [-0.1, -0.05) is 54.1 Å². The standard InChI is InChI=1S/C26H28N2O3S/c1-19-10-15-24(20(2)18-19)25(21-8-4-3-5-9-21)27-26(29)22-11-13-23(14-12-22)28-16-6-7-17-32(28,30)31/h3-5,8-15,18,25H,6-7,16-17H2,1-2H3,(H,27,29)/t25-/m1/s1. The zero-order valence-corrected chi connectivity index (χ0v) is 19.2. The number of aryl methyl sites for hydroxylation is 2. The van der Waals surface area contributed by atoms with Crippen LogP contribution in [0.2, 0.25) is 0 Å². The number of benzene rings is 3. The van der Waals surface area contributed by atoms with Crippen molar-refractivity contribution in [3.63, 3.8) is 0 Å². The van der Waals surface area contributed by atoms with Crippen LogP contribution >= 0.6 is 0 Å². The summed E-state index contributed by atoms with van der Waals surface area (Å²) in [5.74, 6) is -0.0314. The largest absolute Gasteiger partial charge is 0.341 e. The van der Waals surface area contributed by atoms with Crippen LogP contribution < -0.4 is 9.62 Å². The van der Waals surface area contributed by atoms with E-state index in [2.05, 4.69) is 37.4 Å². The maximum atomic E-state index is 13.2. The van der Waals surface area contributed by atoms with Crippen LogP contribution in [0.25, 0.3) is 0 Å². The summed E-state index contributed by atoms with van der Waals surface area (Å²) in [5, 5.41) is 3.17. The smallest absolute Gasteiger partial charge is 0.252 e. The summed E-state index contributed by atoms with van der Waals surface area (Å²) in [6.07, 6.45) is 1.54. The maximum Gasteiger partial charge on any atom is 0.252 e. The minimum Gasteiger partial charge on any atom is -0.341 e. The van der Waals surface area contributed by atoms with E-state index in [4.69, 9.17) is 0 Å². The first-order chi connectivity index (χ1) is 15.3. The minimum absolute atomic E-state index is 0.171. The van der Waals surface area contributed by atoms with Gasteiger partial charge in [-0.3, -0.25) is 9.10 Å². The van der Waals surface area contributed by atoms with Crippen LogP contribution in [0.1, 0.15) is 51.5 Å². The van der Waals surface area contributed by atoms with Gasteiger partial charge in [0.2, 0.25) is 10.0 Å². The second kappa shape index (κ2) is 9.17. The van der Waals surface area contributed by atoms with E-state index in [1.165, 1.54) is 9.87 Å². The predicted octanol–water partition coefficient (Wildman–Crippen LogP) is 4.75. The summed E-state index contributed by atoms with van der Waals surface area (Å²) < 4.78 is 26.2. The minimum atomic E-state index is -3.28. The average molecular weight is 449 g/mol. The fourth-order valence-electron chi connectivity index (χ4n) is 4.21. The van der Waals surface area contributed by atoms with Crippen molar-refractivity contribution < 1.29 is 13.2 Å². The normalized spacial score (nSPS) is 16.4. The Labute approximate surface area is 190 Å². The Morgan fingerprint density at radius 2 is 1.66 bits per heavy atom. The molecule has 32 heavy (non-hydrogen) atoms. The Balaban J connectivity index is 1.60. The maximum absolute atomic E-state index is 13.2. The van der Waals surface area contributed by atoms with Gasteiger partial charge in [-0.25, -0.2) is 8.42 Å². The van der Waals surface area contributed by atoms with Crippen LogP contribution in [0, 0.1) is 13.8 Å². The molecule has 1 aliphatic heterocycles. The van der Waals surface area contributed by atoms with Crippen molar-refractivity contribution in [3.05, 3.63) is 101 Å². The van der Waals surface area contributed by atoms with E-state index in [-0.39, 0.29) is 17.7 Å². The van der Waals surface area contributed by atoms with E-state index in [0.29, 0.717) is 24.2 Å². The van der Waals surface area contributed by atoms with Crippen LogP contribution in [0.3, 0.4) is 0 Å². The molecule has 1 saturated heterocycles. The van der Waals surface area contributed by atoms with Crippen molar-refractivity contribution in [2.75, 3.05) is 16.6 Å².